The number of amides is 1. The Morgan fingerprint density at radius 3 is 2.41 bits per heavy atom. The van der Waals surface area contributed by atoms with Crippen molar-refractivity contribution in [3.63, 3.8) is 0 Å². The fourth-order valence-corrected chi connectivity index (χ4v) is 2.18. The zero-order valence-electron chi connectivity index (χ0n) is 10.8. The standard InChI is InChI=1S/C14H20N2O/c1-14(2)11-16(10-9-15(14)3)13(17)12-7-5-4-6-8-12/h4-8H,9-11H2,1-3H3. The third-order valence-corrected chi connectivity index (χ3v) is 3.62. The van der Waals surface area contributed by atoms with Gasteiger partial charge in [-0.3, -0.25) is 9.69 Å². The van der Waals surface area contributed by atoms with Crippen molar-refractivity contribution in [1.29, 1.82) is 0 Å². The highest BCUT2D eigenvalue weighted by Crippen LogP contribution is 2.20. The van der Waals surface area contributed by atoms with E-state index in [0.29, 0.717) is 0 Å². The van der Waals surface area contributed by atoms with Crippen LogP contribution in [0.1, 0.15) is 24.2 Å². The van der Waals surface area contributed by atoms with Crippen LogP contribution in [0.5, 0.6) is 0 Å². The number of carbonyl (C=O) groups is 1. The molecule has 0 unspecified atom stereocenters. The van der Waals surface area contributed by atoms with Crippen molar-refractivity contribution in [2.24, 2.45) is 0 Å². The number of benzene rings is 1. The normalized spacial score (nSPS) is 20.3. The number of hydrogen-bond donors (Lipinski definition) is 0. The Kier molecular flexibility index (Phi) is 3.20. The monoisotopic (exact) mass is 232 g/mol. The fourth-order valence-electron chi connectivity index (χ4n) is 2.18. The van der Waals surface area contributed by atoms with Gasteiger partial charge in [-0.2, -0.15) is 0 Å². The molecule has 1 amide bonds. The molecule has 2 rings (SSSR count). The molecule has 92 valence electrons. The van der Waals surface area contributed by atoms with Crippen LogP contribution in [-0.4, -0.2) is 47.9 Å². The summed E-state index contributed by atoms with van der Waals surface area (Å²) in [6.07, 6.45) is 0. The molecule has 0 aliphatic carbocycles. The molecule has 0 N–H and O–H groups in total. The van der Waals surface area contributed by atoms with Crippen LogP contribution in [0.25, 0.3) is 0 Å². The first-order valence-electron chi connectivity index (χ1n) is 6.06. The van der Waals surface area contributed by atoms with Crippen LogP contribution >= 0.6 is 0 Å². The van der Waals surface area contributed by atoms with Crippen LogP contribution in [0.4, 0.5) is 0 Å². The maximum absolute atomic E-state index is 12.3. The Morgan fingerprint density at radius 1 is 1.18 bits per heavy atom. The second kappa shape index (κ2) is 4.49. The molecule has 3 heteroatoms. The number of rotatable bonds is 1. The fraction of sp³-hybridized carbons (Fsp3) is 0.500. The Labute approximate surface area is 103 Å². The summed E-state index contributed by atoms with van der Waals surface area (Å²) >= 11 is 0. The summed E-state index contributed by atoms with van der Waals surface area (Å²) in [5.74, 6) is 0.145. The second-order valence-corrected chi connectivity index (χ2v) is 5.33. The van der Waals surface area contributed by atoms with Crippen molar-refractivity contribution in [3.05, 3.63) is 35.9 Å². The molecule has 0 bridgehead atoms. The molecule has 1 fully saturated rings. The molecule has 1 saturated heterocycles. The number of likely N-dealkylation sites (N-methyl/N-ethyl adjacent to an activating group) is 1. The Morgan fingerprint density at radius 2 is 1.82 bits per heavy atom. The molecule has 3 nitrogen and oxygen atoms in total. The van der Waals surface area contributed by atoms with Crippen LogP contribution in [0.3, 0.4) is 0 Å². The van der Waals surface area contributed by atoms with E-state index in [0.717, 1.165) is 25.2 Å². The predicted octanol–water partition coefficient (Wildman–Crippen LogP) is 1.85. The van der Waals surface area contributed by atoms with Gasteiger partial charge in [0.25, 0.3) is 5.91 Å². The van der Waals surface area contributed by atoms with E-state index in [-0.39, 0.29) is 11.4 Å². The maximum atomic E-state index is 12.3. The minimum absolute atomic E-state index is 0.0582. The van der Waals surface area contributed by atoms with E-state index >= 15 is 0 Å². The van der Waals surface area contributed by atoms with E-state index in [4.69, 9.17) is 0 Å². The molecule has 1 heterocycles. The SMILES string of the molecule is CN1CCN(C(=O)c2ccccc2)CC1(C)C. The summed E-state index contributed by atoms with van der Waals surface area (Å²) in [4.78, 5) is 16.6. The average molecular weight is 232 g/mol. The van der Waals surface area contributed by atoms with Gasteiger partial charge in [-0.05, 0) is 33.0 Å². The lowest BCUT2D eigenvalue weighted by molar-refractivity contribution is 0.0311. The van der Waals surface area contributed by atoms with Crippen molar-refractivity contribution in [2.75, 3.05) is 26.7 Å². The zero-order valence-corrected chi connectivity index (χ0v) is 10.8. The molecule has 0 aromatic heterocycles. The predicted molar refractivity (Wildman–Crippen MR) is 69.1 cm³/mol. The van der Waals surface area contributed by atoms with Crippen LogP contribution in [-0.2, 0) is 0 Å². The lowest BCUT2D eigenvalue weighted by Gasteiger charge is -2.45. The van der Waals surface area contributed by atoms with Gasteiger partial charge in [0.05, 0.1) is 0 Å². The summed E-state index contributed by atoms with van der Waals surface area (Å²) in [6, 6.07) is 9.52. The quantitative estimate of drug-likeness (QED) is 0.738. The Balaban J connectivity index is 2.12. The topological polar surface area (TPSA) is 23.6 Å². The summed E-state index contributed by atoms with van der Waals surface area (Å²) in [5, 5.41) is 0. The van der Waals surface area contributed by atoms with E-state index in [1.807, 2.05) is 35.2 Å². The maximum Gasteiger partial charge on any atom is 0.253 e. The summed E-state index contributed by atoms with van der Waals surface area (Å²) in [6.45, 7) is 6.89. The summed E-state index contributed by atoms with van der Waals surface area (Å²) in [7, 11) is 2.12. The van der Waals surface area contributed by atoms with Gasteiger partial charge < -0.3 is 4.90 Å². The first kappa shape index (κ1) is 12.1. The van der Waals surface area contributed by atoms with Gasteiger partial charge in [-0.25, -0.2) is 0 Å². The lowest BCUT2D eigenvalue weighted by Crippen LogP contribution is -2.58. The number of piperazine rings is 1. The molecule has 0 radical (unpaired) electrons. The minimum Gasteiger partial charge on any atom is -0.336 e. The van der Waals surface area contributed by atoms with Gasteiger partial charge in [-0.15, -0.1) is 0 Å². The molecular formula is C14H20N2O. The van der Waals surface area contributed by atoms with Crippen molar-refractivity contribution >= 4 is 5.91 Å². The molecule has 17 heavy (non-hydrogen) atoms. The Hall–Kier alpha value is -1.35. The number of hydrogen-bond acceptors (Lipinski definition) is 2. The van der Waals surface area contributed by atoms with Gasteiger partial charge in [0.15, 0.2) is 0 Å². The van der Waals surface area contributed by atoms with E-state index in [2.05, 4.69) is 25.8 Å². The minimum atomic E-state index is 0.0582. The molecule has 0 atom stereocenters. The van der Waals surface area contributed by atoms with Gasteiger partial charge >= 0.3 is 0 Å². The van der Waals surface area contributed by atoms with Crippen LogP contribution < -0.4 is 0 Å². The van der Waals surface area contributed by atoms with Crippen molar-refractivity contribution in [3.8, 4) is 0 Å². The summed E-state index contributed by atoms with van der Waals surface area (Å²) in [5.41, 5.74) is 0.843. The molecule has 1 aromatic rings. The zero-order chi connectivity index (χ0) is 12.5. The van der Waals surface area contributed by atoms with Crippen molar-refractivity contribution in [1.82, 2.24) is 9.80 Å². The van der Waals surface area contributed by atoms with E-state index in [1.54, 1.807) is 0 Å². The third-order valence-electron chi connectivity index (χ3n) is 3.62. The highest BCUT2D eigenvalue weighted by molar-refractivity contribution is 5.94. The number of nitrogens with zero attached hydrogens (tertiary/aromatic N) is 2. The van der Waals surface area contributed by atoms with Gasteiger partial charge in [0.2, 0.25) is 0 Å². The van der Waals surface area contributed by atoms with E-state index in [9.17, 15) is 4.79 Å². The number of carbonyl (C=O) groups excluding carboxylic acids is 1. The third kappa shape index (κ3) is 2.50. The van der Waals surface area contributed by atoms with Gasteiger partial charge in [0.1, 0.15) is 0 Å². The summed E-state index contributed by atoms with van der Waals surface area (Å²) < 4.78 is 0. The van der Waals surface area contributed by atoms with Crippen LogP contribution in [0, 0.1) is 0 Å². The molecule has 1 aromatic carbocycles. The average Bonchev–Trinajstić information content (AvgIpc) is 2.33. The first-order chi connectivity index (χ1) is 8.00. The van der Waals surface area contributed by atoms with Crippen LogP contribution in [0.15, 0.2) is 30.3 Å². The molecular weight excluding hydrogens is 212 g/mol. The van der Waals surface area contributed by atoms with E-state index in [1.165, 1.54) is 0 Å². The van der Waals surface area contributed by atoms with Gasteiger partial charge in [0, 0.05) is 30.7 Å². The molecule has 0 saturated carbocycles. The largest absolute Gasteiger partial charge is 0.336 e. The second-order valence-electron chi connectivity index (χ2n) is 5.33. The molecule has 0 spiro atoms. The smallest absolute Gasteiger partial charge is 0.253 e. The highest BCUT2D eigenvalue weighted by Gasteiger charge is 2.33. The first-order valence-corrected chi connectivity index (χ1v) is 6.06. The van der Waals surface area contributed by atoms with Crippen LogP contribution in [0.2, 0.25) is 0 Å². The van der Waals surface area contributed by atoms with Gasteiger partial charge in [-0.1, -0.05) is 18.2 Å². The molecule has 1 aliphatic rings. The van der Waals surface area contributed by atoms with Crippen molar-refractivity contribution in [2.45, 2.75) is 19.4 Å². The Bertz CT molecular complexity index is 400. The highest BCUT2D eigenvalue weighted by atomic mass is 16.2. The molecule has 1 aliphatic heterocycles. The van der Waals surface area contributed by atoms with Crippen molar-refractivity contribution < 1.29 is 4.79 Å². The lowest BCUT2D eigenvalue weighted by atomic mass is 9.99. The van der Waals surface area contributed by atoms with E-state index < -0.39 is 0 Å².